The van der Waals surface area contributed by atoms with Crippen molar-refractivity contribution in [2.24, 2.45) is 5.84 Å². The van der Waals surface area contributed by atoms with Gasteiger partial charge in [-0.1, -0.05) is 6.07 Å². The molecule has 0 atom stereocenters. The van der Waals surface area contributed by atoms with Crippen LogP contribution in [0.1, 0.15) is 5.56 Å². The van der Waals surface area contributed by atoms with E-state index in [-0.39, 0.29) is 0 Å². The highest BCUT2D eigenvalue weighted by Crippen LogP contribution is 2.25. The fraction of sp³-hybridized carbons (Fsp3) is 0.250. The van der Waals surface area contributed by atoms with E-state index in [1.165, 1.54) is 0 Å². The van der Waals surface area contributed by atoms with E-state index in [1.807, 2.05) is 18.2 Å². The van der Waals surface area contributed by atoms with E-state index in [0.717, 1.165) is 15.8 Å². The predicted molar refractivity (Wildman–Crippen MR) is 51.7 cm³/mol. The van der Waals surface area contributed by atoms with Gasteiger partial charge in [-0.3, -0.25) is 11.3 Å². The maximum absolute atomic E-state index is 5.19. The third-order valence-electron chi connectivity index (χ3n) is 1.52. The third-order valence-corrected chi connectivity index (χ3v) is 2.18. The SMILES string of the molecule is COc1cc(CNN)ccc1Br. The van der Waals surface area contributed by atoms with Crippen LogP contribution in [0.4, 0.5) is 0 Å². The molecule has 0 heterocycles. The molecule has 0 fully saturated rings. The molecule has 66 valence electrons. The summed E-state index contributed by atoms with van der Waals surface area (Å²) in [5, 5.41) is 0. The average molecular weight is 231 g/mol. The molecule has 0 radical (unpaired) electrons. The summed E-state index contributed by atoms with van der Waals surface area (Å²) in [5.41, 5.74) is 3.68. The fourth-order valence-electron chi connectivity index (χ4n) is 0.932. The Morgan fingerprint density at radius 3 is 2.92 bits per heavy atom. The van der Waals surface area contributed by atoms with Crippen LogP contribution in [0.2, 0.25) is 0 Å². The van der Waals surface area contributed by atoms with Crippen molar-refractivity contribution >= 4 is 15.9 Å². The summed E-state index contributed by atoms with van der Waals surface area (Å²) < 4.78 is 6.07. The van der Waals surface area contributed by atoms with Crippen LogP contribution in [0, 0.1) is 0 Å². The van der Waals surface area contributed by atoms with Crippen LogP contribution < -0.4 is 16.0 Å². The molecular formula is C8H11BrN2O. The van der Waals surface area contributed by atoms with E-state index in [2.05, 4.69) is 21.4 Å². The topological polar surface area (TPSA) is 47.3 Å². The van der Waals surface area contributed by atoms with Gasteiger partial charge in [-0.2, -0.15) is 0 Å². The Hall–Kier alpha value is -0.580. The summed E-state index contributed by atoms with van der Waals surface area (Å²) in [6, 6.07) is 5.85. The average Bonchev–Trinajstić information content (AvgIpc) is 2.09. The molecule has 0 aliphatic rings. The van der Waals surface area contributed by atoms with Crippen molar-refractivity contribution in [3.63, 3.8) is 0 Å². The molecule has 0 aromatic heterocycles. The summed E-state index contributed by atoms with van der Waals surface area (Å²) in [6.07, 6.45) is 0. The van der Waals surface area contributed by atoms with Crippen molar-refractivity contribution in [2.45, 2.75) is 6.54 Å². The highest BCUT2D eigenvalue weighted by molar-refractivity contribution is 9.10. The van der Waals surface area contributed by atoms with Crippen molar-refractivity contribution in [3.8, 4) is 5.75 Å². The minimum Gasteiger partial charge on any atom is -0.496 e. The number of nitrogens with two attached hydrogens (primary N) is 1. The second kappa shape index (κ2) is 4.45. The van der Waals surface area contributed by atoms with Crippen molar-refractivity contribution in [1.82, 2.24) is 5.43 Å². The molecule has 1 aromatic rings. The van der Waals surface area contributed by atoms with Gasteiger partial charge in [0.25, 0.3) is 0 Å². The maximum atomic E-state index is 5.19. The Morgan fingerprint density at radius 2 is 2.33 bits per heavy atom. The summed E-state index contributed by atoms with van der Waals surface area (Å²) in [6.45, 7) is 0.642. The van der Waals surface area contributed by atoms with Gasteiger partial charge >= 0.3 is 0 Å². The lowest BCUT2D eigenvalue weighted by atomic mass is 10.2. The first-order chi connectivity index (χ1) is 5.77. The summed E-state index contributed by atoms with van der Waals surface area (Å²) in [5.74, 6) is 6.01. The van der Waals surface area contributed by atoms with E-state index < -0.39 is 0 Å². The first-order valence-corrected chi connectivity index (χ1v) is 4.33. The van der Waals surface area contributed by atoms with Crippen LogP contribution in [0.25, 0.3) is 0 Å². The monoisotopic (exact) mass is 230 g/mol. The summed E-state index contributed by atoms with van der Waals surface area (Å²) >= 11 is 3.37. The largest absolute Gasteiger partial charge is 0.496 e. The summed E-state index contributed by atoms with van der Waals surface area (Å²) in [4.78, 5) is 0. The molecule has 1 aromatic carbocycles. The molecule has 0 aliphatic heterocycles. The van der Waals surface area contributed by atoms with E-state index in [1.54, 1.807) is 7.11 Å². The van der Waals surface area contributed by atoms with Crippen molar-refractivity contribution < 1.29 is 4.74 Å². The molecule has 3 nitrogen and oxygen atoms in total. The first-order valence-electron chi connectivity index (χ1n) is 3.54. The van der Waals surface area contributed by atoms with Crippen LogP contribution in [0.5, 0.6) is 5.75 Å². The molecule has 0 spiro atoms. The molecule has 3 N–H and O–H groups in total. The summed E-state index contributed by atoms with van der Waals surface area (Å²) in [7, 11) is 1.64. The number of rotatable bonds is 3. The quantitative estimate of drug-likeness (QED) is 0.610. The Kier molecular flexibility index (Phi) is 3.52. The Morgan fingerprint density at radius 1 is 1.58 bits per heavy atom. The standard InChI is InChI=1S/C8H11BrN2O/c1-12-8-4-6(5-11-10)2-3-7(8)9/h2-4,11H,5,10H2,1H3. The van der Waals surface area contributed by atoms with Gasteiger partial charge in [-0.15, -0.1) is 0 Å². The van der Waals surface area contributed by atoms with Gasteiger partial charge in [0.15, 0.2) is 0 Å². The minimum atomic E-state index is 0.642. The highest BCUT2D eigenvalue weighted by atomic mass is 79.9. The van der Waals surface area contributed by atoms with Crippen molar-refractivity contribution in [1.29, 1.82) is 0 Å². The Balaban J connectivity index is 2.89. The Bertz CT molecular complexity index is 265. The molecule has 12 heavy (non-hydrogen) atoms. The van der Waals surface area contributed by atoms with E-state index in [0.29, 0.717) is 6.54 Å². The molecule has 0 unspecified atom stereocenters. The van der Waals surface area contributed by atoms with Gasteiger partial charge in [0.05, 0.1) is 11.6 Å². The molecule has 0 saturated carbocycles. The van der Waals surface area contributed by atoms with Crippen LogP contribution >= 0.6 is 15.9 Å². The second-order valence-corrected chi connectivity index (χ2v) is 3.20. The van der Waals surface area contributed by atoms with Gasteiger partial charge in [0, 0.05) is 6.54 Å². The van der Waals surface area contributed by atoms with Crippen LogP contribution in [-0.2, 0) is 6.54 Å². The molecule has 0 aliphatic carbocycles. The van der Waals surface area contributed by atoms with Crippen molar-refractivity contribution in [2.75, 3.05) is 7.11 Å². The van der Waals surface area contributed by atoms with Gasteiger partial charge in [0.1, 0.15) is 5.75 Å². The third kappa shape index (κ3) is 2.20. The zero-order valence-electron chi connectivity index (χ0n) is 6.80. The number of nitrogens with one attached hydrogen (secondary N) is 1. The lowest BCUT2D eigenvalue weighted by molar-refractivity contribution is 0.411. The van der Waals surface area contributed by atoms with E-state index in [9.17, 15) is 0 Å². The number of halogens is 1. The zero-order chi connectivity index (χ0) is 8.97. The highest BCUT2D eigenvalue weighted by Gasteiger charge is 1.99. The predicted octanol–water partition coefficient (Wildman–Crippen LogP) is 1.42. The van der Waals surface area contributed by atoms with E-state index >= 15 is 0 Å². The van der Waals surface area contributed by atoms with Crippen LogP contribution in [-0.4, -0.2) is 7.11 Å². The minimum absolute atomic E-state index is 0.642. The molecule has 0 bridgehead atoms. The molecular weight excluding hydrogens is 220 g/mol. The van der Waals surface area contributed by atoms with Crippen molar-refractivity contribution in [3.05, 3.63) is 28.2 Å². The maximum Gasteiger partial charge on any atom is 0.133 e. The van der Waals surface area contributed by atoms with E-state index in [4.69, 9.17) is 10.6 Å². The van der Waals surface area contributed by atoms with Crippen LogP contribution in [0.15, 0.2) is 22.7 Å². The van der Waals surface area contributed by atoms with Gasteiger partial charge in [0.2, 0.25) is 0 Å². The molecule has 0 saturated heterocycles. The number of hydrogen-bond donors (Lipinski definition) is 2. The fourth-order valence-corrected chi connectivity index (χ4v) is 1.34. The lowest BCUT2D eigenvalue weighted by Gasteiger charge is -2.05. The molecule has 4 heteroatoms. The number of ether oxygens (including phenoxy) is 1. The number of hydrazine groups is 1. The zero-order valence-corrected chi connectivity index (χ0v) is 8.39. The Labute approximate surface area is 80.0 Å². The number of methoxy groups -OCH3 is 1. The molecule has 0 amide bonds. The first kappa shape index (κ1) is 9.51. The molecule has 1 rings (SSSR count). The normalized spacial score (nSPS) is 9.92. The van der Waals surface area contributed by atoms with Gasteiger partial charge < -0.3 is 4.74 Å². The smallest absolute Gasteiger partial charge is 0.133 e. The van der Waals surface area contributed by atoms with Gasteiger partial charge in [-0.25, -0.2) is 0 Å². The second-order valence-electron chi connectivity index (χ2n) is 2.35. The lowest BCUT2D eigenvalue weighted by Crippen LogP contribution is -2.20. The van der Waals surface area contributed by atoms with Gasteiger partial charge in [-0.05, 0) is 33.6 Å². The number of hydrogen-bond acceptors (Lipinski definition) is 3. The van der Waals surface area contributed by atoms with Crippen LogP contribution in [0.3, 0.4) is 0 Å². The number of benzene rings is 1.